The van der Waals surface area contributed by atoms with Crippen molar-refractivity contribution in [2.24, 2.45) is 7.05 Å². The van der Waals surface area contributed by atoms with E-state index in [-0.39, 0.29) is 23.1 Å². The number of carbonyl (C=O) groups excluding carboxylic acids is 1. The molecule has 0 spiro atoms. The fraction of sp³-hybridized carbons (Fsp3) is 0.318. The summed E-state index contributed by atoms with van der Waals surface area (Å²) < 4.78 is 1.52. The molecule has 1 aliphatic rings. The average molecular weight is 404 g/mol. The maximum atomic E-state index is 13.4. The minimum atomic E-state index is -0.255. The lowest BCUT2D eigenvalue weighted by atomic mass is 10.1. The summed E-state index contributed by atoms with van der Waals surface area (Å²) in [5, 5.41) is 3.13. The molecule has 1 N–H and O–H groups in total. The molecule has 0 radical (unpaired) electrons. The maximum absolute atomic E-state index is 13.4. The largest absolute Gasteiger partial charge is 0.330 e. The molecule has 0 aliphatic carbocycles. The number of nitrogens with one attached hydrogen (secondary N) is 1. The van der Waals surface area contributed by atoms with Gasteiger partial charge in [-0.15, -0.1) is 0 Å². The van der Waals surface area contributed by atoms with E-state index in [2.05, 4.69) is 15.3 Å². The molecular formula is C22H24N6O2. The minimum absolute atomic E-state index is 0.175. The molecule has 8 heteroatoms. The fourth-order valence-corrected chi connectivity index (χ4v) is 3.90. The van der Waals surface area contributed by atoms with E-state index in [9.17, 15) is 9.59 Å². The van der Waals surface area contributed by atoms with Crippen molar-refractivity contribution in [1.82, 2.24) is 24.4 Å². The Balaban J connectivity index is 1.63. The number of anilines is 2. The van der Waals surface area contributed by atoms with E-state index in [4.69, 9.17) is 4.98 Å². The van der Waals surface area contributed by atoms with Crippen LogP contribution in [0, 0.1) is 13.8 Å². The number of hydrogen-bond acceptors (Lipinski definition) is 6. The number of amides is 1. The monoisotopic (exact) mass is 404 g/mol. The molecule has 1 aliphatic heterocycles. The van der Waals surface area contributed by atoms with Crippen LogP contribution >= 0.6 is 0 Å². The van der Waals surface area contributed by atoms with Gasteiger partial charge >= 0.3 is 0 Å². The van der Waals surface area contributed by atoms with Gasteiger partial charge in [0.1, 0.15) is 17.2 Å². The number of carbonyl (C=O) groups is 1. The number of likely N-dealkylation sites (tertiary alicyclic amines) is 1. The van der Waals surface area contributed by atoms with Crippen LogP contribution in [0.5, 0.6) is 0 Å². The first-order chi connectivity index (χ1) is 14.5. The molecule has 3 aromatic heterocycles. The molecule has 0 bridgehead atoms. The number of nitrogens with zero attached hydrogens (tertiary/aromatic N) is 5. The van der Waals surface area contributed by atoms with Crippen LogP contribution in [0.4, 0.5) is 11.6 Å². The molecular weight excluding hydrogens is 380 g/mol. The zero-order valence-electron chi connectivity index (χ0n) is 17.3. The van der Waals surface area contributed by atoms with Crippen LogP contribution in [0.25, 0.3) is 0 Å². The van der Waals surface area contributed by atoms with Gasteiger partial charge in [0.2, 0.25) is 0 Å². The van der Waals surface area contributed by atoms with Crippen LogP contribution in [0.3, 0.4) is 0 Å². The average Bonchev–Trinajstić information content (AvgIpc) is 3.23. The Labute approximate surface area is 174 Å². The lowest BCUT2D eigenvalue weighted by Crippen LogP contribution is -2.37. The topological polar surface area (TPSA) is 93.0 Å². The normalized spacial score (nSPS) is 16.0. The summed E-state index contributed by atoms with van der Waals surface area (Å²) in [5.41, 5.74) is 2.31. The second-order valence-electron chi connectivity index (χ2n) is 7.53. The predicted molar refractivity (Wildman–Crippen MR) is 114 cm³/mol. The zero-order valence-corrected chi connectivity index (χ0v) is 17.3. The van der Waals surface area contributed by atoms with Crippen LogP contribution in [0.2, 0.25) is 0 Å². The number of aryl methyl sites for hydroxylation is 2. The summed E-state index contributed by atoms with van der Waals surface area (Å²) in [6, 6.07) is 7.37. The molecule has 1 amide bonds. The third-order valence-electron chi connectivity index (χ3n) is 5.53. The van der Waals surface area contributed by atoms with Gasteiger partial charge in [0.05, 0.1) is 17.9 Å². The quantitative estimate of drug-likeness (QED) is 0.719. The Hall–Kier alpha value is -3.55. The van der Waals surface area contributed by atoms with Crippen LogP contribution in [0.1, 0.15) is 46.2 Å². The van der Waals surface area contributed by atoms with Crippen molar-refractivity contribution < 1.29 is 4.79 Å². The van der Waals surface area contributed by atoms with Crippen LogP contribution in [-0.4, -0.2) is 36.9 Å². The van der Waals surface area contributed by atoms with E-state index in [1.165, 1.54) is 4.57 Å². The van der Waals surface area contributed by atoms with E-state index in [0.717, 1.165) is 24.2 Å². The lowest BCUT2D eigenvalue weighted by molar-refractivity contribution is 0.0729. The summed E-state index contributed by atoms with van der Waals surface area (Å²) in [6.07, 6.45) is 6.50. The van der Waals surface area contributed by atoms with Crippen molar-refractivity contribution in [1.29, 1.82) is 0 Å². The van der Waals surface area contributed by atoms with Crippen LogP contribution in [-0.2, 0) is 7.05 Å². The second kappa shape index (κ2) is 8.06. The van der Waals surface area contributed by atoms with Gasteiger partial charge < -0.3 is 14.8 Å². The molecule has 0 unspecified atom stereocenters. The smallest absolute Gasteiger partial charge is 0.263 e. The van der Waals surface area contributed by atoms with Gasteiger partial charge in [-0.25, -0.2) is 9.97 Å². The maximum Gasteiger partial charge on any atom is 0.263 e. The van der Waals surface area contributed by atoms with Crippen LogP contribution in [0.15, 0.2) is 47.7 Å². The number of aromatic nitrogens is 4. The van der Waals surface area contributed by atoms with Crippen molar-refractivity contribution >= 4 is 17.5 Å². The van der Waals surface area contributed by atoms with E-state index in [1.54, 1.807) is 30.5 Å². The highest BCUT2D eigenvalue weighted by molar-refractivity contribution is 5.95. The van der Waals surface area contributed by atoms with Gasteiger partial charge in [-0.05, 0) is 50.5 Å². The van der Waals surface area contributed by atoms with Crippen molar-refractivity contribution in [3.05, 3.63) is 75.7 Å². The number of hydrogen-bond donors (Lipinski definition) is 1. The summed E-state index contributed by atoms with van der Waals surface area (Å²) in [7, 11) is 1.69. The van der Waals surface area contributed by atoms with Gasteiger partial charge in [0, 0.05) is 31.7 Å². The zero-order chi connectivity index (χ0) is 21.3. The number of pyridine rings is 2. The molecule has 154 valence electrons. The SMILES string of the molecule is Cc1cc(C)n(C)c(=O)c1C(=O)N1CCC[C@@H]1c1cccc(Nc2cnccn2)n1. The summed E-state index contributed by atoms with van der Waals surface area (Å²) >= 11 is 0. The summed E-state index contributed by atoms with van der Waals surface area (Å²) in [4.78, 5) is 40.9. The first-order valence-electron chi connectivity index (χ1n) is 9.94. The number of rotatable bonds is 4. The molecule has 1 atom stereocenters. The van der Waals surface area contributed by atoms with Crippen molar-refractivity contribution in [3.8, 4) is 0 Å². The van der Waals surface area contributed by atoms with Gasteiger partial charge in [-0.3, -0.25) is 14.6 Å². The van der Waals surface area contributed by atoms with Gasteiger partial charge in [0.15, 0.2) is 0 Å². The highest BCUT2D eigenvalue weighted by Gasteiger charge is 2.33. The molecule has 3 aromatic rings. The molecule has 1 fully saturated rings. The first-order valence-corrected chi connectivity index (χ1v) is 9.94. The van der Waals surface area contributed by atoms with Crippen molar-refractivity contribution in [2.45, 2.75) is 32.7 Å². The van der Waals surface area contributed by atoms with Gasteiger partial charge in [0.25, 0.3) is 11.5 Å². The first kappa shape index (κ1) is 19.8. The Bertz CT molecular complexity index is 1140. The van der Waals surface area contributed by atoms with Crippen LogP contribution < -0.4 is 10.9 Å². The Morgan fingerprint density at radius 1 is 1.20 bits per heavy atom. The summed E-state index contributed by atoms with van der Waals surface area (Å²) in [6.45, 7) is 4.28. The Kier molecular flexibility index (Phi) is 5.31. The molecule has 0 aromatic carbocycles. The highest BCUT2D eigenvalue weighted by atomic mass is 16.2. The molecule has 0 saturated carbocycles. The third-order valence-corrected chi connectivity index (χ3v) is 5.53. The van der Waals surface area contributed by atoms with Gasteiger partial charge in [-0.2, -0.15) is 0 Å². The van der Waals surface area contributed by atoms with E-state index >= 15 is 0 Å². The molecule has 4 rings (SSSR count). The van der Waals surface area contributed by atoms with E-state index < -0.39 is 0 Å². The molecule has 30 heavy (non-hydrogen) atoms. The standard InChI is InChI=1S/C22H24N6O2/c1-14-12-15(2)27(3)21(29)20(14)22(30)28-11-5-7-17(28)16-6-4-8-18(25-16)26-19-13-23-9-10-24-19/h4,6,8-10,12-13,17H,5,7,11H2,1-3H3,(H,24,25,26)/t17-/m1/s1. The molecule has 8 nitrogen and oxygen atoms in total. The van der Waals surface area contributed by atoms with E-state index in [0.29, 0.717) is 23.7 Å². The van der Waals surface area contributed by atoms with E-state index in [1.807, 2.05) is 38.1 Å². The van der Waals surface area contributed by atoms with Crippen molar-refractivity contribution in [3.63, 3.8) is 0 Å². The van der Waals surface area contributed by atoms with Gasteiger partial charge in [-0.1, -0.05) is 6.07 Å². The highest BCUT2D eigenvalue weighted by Crippen LogP contribution is 2.33. The minimum Gasteiger partial charge on any atom is -0.330 e. The Morgan fingerprint density at radius 2 is 2.03 bits per heavy atom. The lowest BCUT2D eigenvalue weighted by Gasteiger charge is -2.25. The third kappa shape index (κ3) is 3.68. The summed E-state index contributed by atoms with van der Waals surface area (Å²) in [5.74, 6) is 1.000. The predicted octanol–water partition coefficient (Wildman–Crippen LogP) is 2.91. The Morgan fingerprint density at radius 3 is 2.80 bits per heavy atom. The molecule has 1 saturated heterocycles. The van der Waals surface area contributed by atoms with Crippen molar-refractivity contribution in [2.75, 3.05) is 11.9 Å². The fourth-order valence-electron chi connectivity index (χ4n) is 3.90. The second-order valence-corrected chi connectivity index (χ2v) is 7.53. The molecule has 4 heterocycles.